The molecule has 1 aromatic heterocycles. The average Bonchev–Trinajstić information content (AvgIpc) is 3.14. The van der Waals surface area contributed by atoms with E-state index >= 15 is 0 Å². The number of allylic oxidation sites excluding steroid dienone is 1. The third-order valence-corrected chi connectivity index (χ3v) is 3.55. The number of benzene rings is 2. The normalized spacial score (nSPS) is 11.2. The summed E-state index contributed by atoms with van der Waals surface area (Å²) in [7, 11) is 0. The van der Waals surface area contributed by atoms with E-state index < -0.39 is 0 Å². The predicted molar refractivity (Wildman–Crippen MR) is 92.8 cm³/mol. The van der Waals surface area contributed by atoms with Crippen LogP contribution in [-0.2, 0) is 6.54 Å². The number of carbonyl (C=O) groups excluding carboxylic acids is 1. The Morgan fingerprint density at radius 2 is 1.61 bits per heavy atom. The summed E-state index contributed by atoms with van der Waals surface area (Å²) in [6.07, 6.45) is 3.49. The highest BCUT2D eigenvalue weighted by Crippen LogP contribution is 2.12. The molecule has 0 bridgehead atoms. The van der Waals surface area contributed by atoms with Gasteiger partial charge >= 0.3 is 0 Å². The first-order valence-corrected chi connectivity index (χ1v) is 7.55. The second kappa shape index (κ2) is 7.27. The summed E-state index contributed by atoms with van der Waals surface area (Å²) in [5.74, 6) is -0.0178. The fraction of sp³-hybridized carbons (Fsp3) is 0.0500. The monoisotopic (exact) mass is 302 g/mol. The van der Waals surface area contributed by atoms with E-state index in [9.17, 15) is 4.79 Å². The lowest BCUT2D eigenvalue weighted by atomic mass is 10.1. The van der Waals surface area contributed by atoms with Crippen LogP contribution in [0.4, 0.5) is 0 Å². The number of H-pyrrole nitrogens is 1. The van der Waals surface area contributed by atoms with Gasteiger partial charge in [-0.05, 0) is 17.7 Å². The Bertz CT molecular complexity index is 775. The molecule has 114 valence electrons. The zero-order chi connectivity index (χ0) is 15.9. The smallest absolute Gasteiger partial charge is 0.187 e. The molecule has 0 unspecified atom stereocenters. The van der Waals surface area contributed by atoms with E-state index in [0.717, 1.165) is 17.0 Å². The lowest BCUT2D eigenvalue weighted by Gasteiger charge is -2.10. The number of hydrogen-bond donors (Lipinski definition) is 2. The van der Waals surface area contributed by atoms with Crippen LogP contribution < -0.4 is 5.32 Å². The van der Waals surface area contributed by atoms with E-state index in [1.807, 2.05) is 66.9 Å². The predicted octanol–water partition coefficient (Wildman–Crippen LogP) is 4.03. The van der Waals surface area contributed by atoms with E-state index in [4.69, 9.17) is 0 Å². The van der Waals surface area contributed by atoms with Crippen LogP contribution in [0, 0.1) is 0 Å². The number of ketones is 1. The van der Waals surface area contributed by atoms with E-state index in [-0.39, 0.29) is 5.78 Å². The van der Waals surface area contributed by atoms with Crippen LogP contribution in [0.1, 0.15) is 21.6 Å². The van der Waals surface area contributed by atoms with Gasteiger partial charge in [-0.1, -0.05) is 60.7 Å². The van der Waals surface area contributed by atoms with Gasteiger partial charge in [-0.25, -0.2) is 0 Å². The Morgan fingerprint density at radius 3 is 2.26 bits per heavy atom. The van der Waals surface area contributed by atoms with E-state index in [2.05, 4.69) is 22.4 Å². The van der Waals surface area contributed by atoms with Gasteiger partial charge in [0.05, 0.1) is 11.4 Å². The van der Waals surface area contributed by atoms with Crippen LogP contribution in [0.15, 0.2) is 85.1 Å². The van der Waals surface area contributed by atoms with E-state index in [1.54, 1.807) is 6.08 Å². The van der Waals surface area contributed by atoms with Gasteiger partial charge in [0.2, 0.25) is 0 Å². The second-order valence-corrected chi connectivity index (χ2v) is 5.21. The molecule has 0 amide bonds. The third kappa shape index (κ3) is 3.98. The second-order valence-electron chi connectivity index (χ2n) is 5.21. The highest BCUT2D eigenvalue weighted by Gasteiger charge is 2.07. The topological polar surface area (TPSA) is 44.9 Å². The van der Waals surface area contributed by atoms with Crippen molar-refractivity contribution in [2.45, 2.75) is 6.54 Å². The van der Waals surface area contributed by atoms with Crippen LogP contribution in [-0.4, -0.2) is 10.8 Å². The van der Waals surface area contributed by atoms with Crippen LogP contribution in [0.25, 0.3) is 5.70 Å². The van der Waals surface area contributed by atoms with Crippen molar-refractivity contribution in [2.75, 3.05) is 0 Å². The first kappa shape index (κ1) is 14.9. The molecule has 0 aliphatic rings. The van der Waals surface area contributed by atoms with Gasteiger partial charge in [0.25, 0.3) is 0 Å². The van der Waals surface area contributed by atoms with Gasteiger partial charge < -0.3 is 10.3 Å². The SMILES string of the molecule is O=C(/C=C(/NCc1ccccc1)c1ccc[nH]1)c1ccccc1. The number of carbonyl (C=O) groups is 1. The standard InChI is InChI=1S/C20H18N2O/c23-20(17-10-5-2-6-11-17)14-19(18-12-7-13-21-18)22-15-16-8-3-1-4-9-16/h1-14,21-22H,15H2/b19-14+. The molecule has 0 saturated heterocycles. The van der Waals surface area contributed by atoms with Crippen molar-refractivity contribution in [3.05, 3.63) is 102 Å². The molecule has 0 spiro atoms. The zero-order valence-corrected chi connectivity index (χ0v) is 12.7. The first-order valence-electron chi connectivity index (χ1n) is 7.55. The van der Waals surface area contributed by atoms with Gasteiger partial charge in [-0.3, -0.25) is 4.79 Å². The number of aromatic amines is 1. The Hall–Kier alpha value is -3.07. The minimum Gasteiger partial charge on any atom is -0.379 e. The van der Waals surface area contributed by atoms with Crippen molar-refractivity contribution < 1.29 is 4.79 Å². The molecule has 0 aliphatic carbocycles. The minimum absolute atomic E-state index is 0.0178. The molecule has 3 aromatic rings. The van der Waals surface area contributed by atoms with Crippen molar-refractivity contribution in [2.24, 2.45) is 0 Å². The fourth-order valence-electron chi connectivity index (χ4n) is 2.33. The fourth-order valence-corrected chi connectivity index (χ4v) is 2.33. The maximum atomic E-state index is 12.4. The Labute approximate surface area is 135 Å². The molecule has 2 N–H and O–H groups in total. The molecule has 0 saturated carbocycles. The average molecular weight is 302 g/mol. The maximum Gasteiger partial charge on any atom is 0.187 e. The Balaban J connectivity index is 1.81. The van der Waals surface area contributed by atoms with Crippen molar-refractivity contribution in [3.8, 4) is 0 Å². The largest absolute Gasteiger partial charge is 0.379 e. The lowest BCUT2D eigenvalue weighted by Crippen LogP contribution is -2.13. The van der Waals surface area contributed by atoms with Gasteiger partial charge in [0.1, 0.15) is 0 Å². The van der Waals surface area contributed by atoms with Crippen molar-refractivity contribution in [1.82, 2.24) is 10.3 Å². The summed E-state index contributed by atoms with van der Waals surface area (Å²) in [6, 6.07) is 23.3. The molecule has 0 radical (unpaired) electrons. The number of hydrogen-bond acceptors (Lipinski definition) is 2. The molecule has 0 aliphatic heterocycles. The summed E-state index contributed by atoms with van der Waals surface area (Å²) in [5.41, 5.74) is 3.52. The van der Waals surface area contributed by atoms with Gasteiger partial charge in [-0.15, -0.1) is 0 Å². The van der Waals surface area contributed by atoms with E-state index in [1.165, 1.54) is 0 Å². The molecule has 2 aromatic carbocycles. The van der Waals surface area contributed by atoms with Crippen LogP contribution >= 0.6 is 0 Å². The van der Waals surface area contributed by atoms with Gasteiger partial charge in [0, 0.05) is 24.4 Å². The summed E-state index contributed by atoms with van der Waals surface area (Å²) in [5, 5.41) is 3.35. The number of aromatic nitrogens is 1. The van der Waals surface area contributed by atoms with Gasteiger partial charge in [0.15, 0.2) is 5.78 Å². The van der Waals surface area contributed by atoms with Crippen LogP contribution in [0.2, 0.25) is 0 Å². The summed E-state index contributed by atoms with van der Waals surface area (Å²) in [4.78, 5) is 15.6. The first-order chi connectivity index (χ1) is 11.3. The molecule has 3 rings (SSSR count). The minimum atomic E-state index is -0.0178. The summed E-state index contributed by atoms with van der Waals surface area (Å²) in [6.45, 7) is 0.660. The van der Waals surface area contributed by atoms with Crippen molar-refractivity contribution in [1.29, 1.82) is 0 Å². The lowest BCUT2D eigenvalue weighted by molar-refractivity contribution is 0.104. The van der Waals surface area contributed by atoms with Crippen LogP contribution in [0.3, 0.4) is 0 Å². The van der Waals surface area contributed by atoms with Crippen molar-refractivity contribution >= 4 is 11.5 Å². The van der Waals surface area contributed by atoms with Crippen LogP contribution in [0.5, 0.6) is 0 Å². The molecule has 3 nitrogen and oxygen atoms in total. The number of nitrogens with one attached hydrogen (secondary N) is 2. The van der Waals surface area contributed by atoms with Crippen molar-refractivity contribution in [3.63, 3.8) is 0 Å². The van der Waals surface area contributed by atoms with Gasteiger partial charge in [-0.2, -0.15) is 0 Å². The quantitative estimate of drug-likeness (QED) is 0.533. The summed E-state index contributed by atoms with van der Waals surface area (Å²) >= 11 is 0. The Morgan fingerprint density at radius 1 is 0.913 bits per heavy atom. The summed E-state index contributed by atoms with van der Waals surface area (Å²) < 4.78 is 0. The molecule has 0 atom stereocenters. The zero-order valence-electron chi connectivity index (χ0n) is 12.7. The maximum absolute atomic E-state index is 12.4. The molecular weight excluding hydrogens is 284 g/mol. The highest BCUT2D eigenvalue weighted by molar-refractivity contribution is 6.08. The molecule has 3 heteroatoms. The Kier molecular flexibility index (Phi) is 4.69. The molecule has 23 heavy (non-hydrogen) atoms. The molecule has 1 heterocycles. The third-order valence-electron chi connectivity index (χ3n) is 3.55. The highest BCUT2D eigenvalue weighted by atomic mass is 16.1. The molecular formula is C20H18N2O. The number of rotatable bonds is 6. The van der Waals surface area contributed by atoms with E-state index in [0.29, 0.717) is 12.1 Å². The molecule has 0 fully saturated rings.